The number of sulfone groups is 1. The van der Waals surface area contributed by atoms with Crippen molar-refractivity contribution in [3.05, 3.63) is 59.2 Å². The predicted molar refractivity (Wildman–Crippen MR) is 102 cm³/mol. The van der Waals surface area contributed by atoms with Gasteiger partial charge in [0.15, 0.2) is 16.4 Å². The van der Waals surface area contributed by atoms with E-state index in [1.807, 2.05) is 0 Å². The summed E-state index contributed by atoms with van der Waals surface area (Å²) in [5, 5.41) is 7.45. The number of ether oxygens (including phenoxy) is 1. The molecule has 0 fully saturated rings. The molecule has 0 spiro atoms. The van der Waals surface area contributed by atoms with E-state index in [4.69, 9.17) is 15.6 Å². The molecule has 3 rings (SSSR count). The van der Waals surface area contributed by atoms with Crippen LogP contribution in [0, 0.1) is 0 Å². The zero-order chi connectivity index (χ0) is 22.1. The Hall–Kier alpha value is -2.59. The van der Waals surface area contributed by atoms with E-state index in [2.05, 4.69) is 0 Å². The van der Waals surface area contributed by atoms with E-state index in [9.17, 15) is 26.4 Å². The molecule has 0 saturated heterocycles. The number of aliphatic carboxylic acids is 1. The fraction of sp³-hybridized carbons (Fsp3) is 0.350. The summed E-state index contributed by atoms with van der Waals surface area (Å²) >= 11 is 0. The van der Waals surface area contributed by atoms with E-state index in [1.165, 1.54) is 0 Å². The molecule has 3 N–H and O–H groups in total. The van der Waals surface area contributed by atoms with E-state index in [-0.39, 0.29) is 4.90 Å². The summed E-state index contributed by atoms with van der Waals surface area (Å²) in [6.07, 6.45) is -2.91. The van der Waals surface area contributed by atoms with Crippen LogP contribution < -0.4 is 10.5 Å². The first kappa shape index (κ1) is 22.1. The number of carbonyl (C=O) groups is 1. The Bertz CT molecular complexity index is 1040. The molecule has 0 amide bonds. The van der Waals surface area contributed by atoms with Crippen LogP contribution in [0.2, 0.25) is 0 Å². The van der Waals surface area contributed by atoms with Crippen LogP contribution in [0.15, 0.2) is 47.4 Å². The topological polar surface area (TPSA) is 107 Å². The molecule has 10 heteroatoms. The van der Waals surface area contributed by atoms with Crippen molar-refractivity contribution in [3.63, 3.8) is 0 Å². The standard InChI is InChI=1S/C20H20F3NO5S/c21-20(22,23)12-7-9-13(10-8-12)30(27,28)19(24)16-5-1-4-15-14(16)3-2-6-17(15)29-11-18(25)26/h2-3,6-10,16,19H,1,4-5,11,24H2,(H,25,26). The first-order valence-corrected chi connectivity index (χ1v) is 10.7. The second-order valence-electron chi connectivity index (χ2n) is 7.04. The van der Waals surface area contributed by atoms with Gasteiger partial charge in [-0.1, -0.05) is 12.1 Å². The average Bonchev–Trinajstić information content (AvgIpc) is 2.70. The summed E-state index contributed by atoms with van der Waals surface area (Å²) < 4.78 is 69.6. The molecule has 30 heavy (non-hydrogen) atoms. The minimum absolute atomic E-state index is 0.284. The third kappa shape index (κ3) is 4.44. The molecule has 2 unspecified atom stereocenters. The number of hydrogen-bond donors (Lipinski definition) is 2. The summed E-state index contributed by atoms with van der Waals surface area (Å²) in [5.74, 6) is -1.38. The normalized spacial score (nSPS) is 17.8. The van der Waals surface area contributed by atoms with Crippen LogP contribution >= 0.6 is 0 Å². The van der Waals surface area contributed by atoms with E-state index >= 15 is 0 Å². The van der Waals surface area contributed by atoms with Crippen LogP contribution in [0.4, 0.5) is 13.2 Å². The Kier molecular flexibility index (Phi) is 6.09. The predicted octanol–water partition coefficient (Wildman–Crippen LogP) is 3.35. The number of fused-ring (bicyclic) bond motifs is 1. The molecule has 6 nitrogen and oxygen atoms in total. The van der Waals surface area contributed by atoms with Crippen LogP contribution in [0.3, 0.4) is 0 Å². The third-order valence-corrected chi connectivity index (χ3v) is 7.10. The van der Waals surface area contributed by atoms with Gasteiger partial charge in [0, 0.05) is 5.92 Å². The van der Waals surface area contributed by atoms with Gasteiger partial charge in [0.1, 0.15) is 11.1 Å². The fourth-order valence-corrected chi connectivity index (χ4v) is 5.22. The molecule has 0 radical (unpaired) electrons. The SMILES string of the molecule is NC(C1CCCc2c(OCC(=O)O)cccc21)S(=O)(=O)c1ccc(C(F)(F)F)cc1. The minimum Gasteiger partial charge on any atom is -0.482 e. The highest BCUT2D eigenvalue weighted by atomic mass is 32.2. The first-order chi connectivity index (χ1) is 14.0. The molecule has 2 atom stereocenters. The number of alkyl halides is 3. The number of halogens is 3. The molecular weight excluding hydrogens is 423 g/mol. The Balaban J connectivity index is 1.91. The Morgan fingerprint density at radius 1 is 1.20 bits per heavy atom. The maximum Gasteiger partial charge on any atom is 0.416 e. The summed E-state index contributed by atoms with van der Waals surface area (Å²) in [7, 11) is -4.11. The lowest BCUT2D eigenvalue weighted by atomic mass is 9.82. The van der Waals surface area contributed by atoms with Crippen molar-refractivity contribution in [2.45, 2.75) is 41.6 Å². The van der Waals surface area contributed by atoms with E-state index < -0.39 is 45.4 Å². The van der Waals surface area contributed by atoms with Gasteiger partial charge >= 0.3 is 12.1 Å². The van der Waals surface area contributed by atoms with Crippen LogP contribution in [0.25, 0.3) is 0 Å². The van der Waals surface area contributed by atoms with Gasteiger partial charge in [-0.05, 0) is 60.7 Å². The lowest BCUT2D eigenvalue weighted by Crippen LogP contribution is -2.38. The van der Waals surface area contributed by atoms with Crippen LogP contribution in [-0.2, 0) is 27.2 Å². The largest absolute Gasteiger partial charge is 0.482 e. The van der Waals surface area contributed by atoms with Crippen LogP contribution in [0.1, 0.15) is 35.4 Å². The number of carboxylic acid groups (broad SMARTS) is 1. The summed E-state index contributed by atoms with van der Waals surface area (Å²) in [6, 6.07) is 8.21. The lowest BCUT2D eigenvalue weighted by molar-refractivity contribution is -0.139. The molecule has 0 aromatic heterocycles. The molecule has 0 bridgehead atoms. The van der Waals surface area contributed by atoms with Crippen LogP contribution in [0.5, 0.6) is 5.75 Å². The second-order valence-corrected chi connectivity index (χ2v) is 9.14. The lowest BCUT2D eigenvalue weighted by Gasteiger charge is -2.31. The highest BCUT2D eigenvalue weighted by Gasteiger charge is 2.37. The smallest absolute Gasteiger partial charge is 0.416 e. The van der Waals surface area contributed by atoms with Crippen molar-refractivity contribution in [1.29, 1.82) is 0 Å². The molecule has 0 heterocycles. The summed E-state index contributed by atoms with van der Waals surface area (Å²) in [6.45, 7) is -0.531. The monoisotopic (exact) mass is 443 g/mol. The van der Waals surface area contributed by atoms with Crippen LogP contribution in [-0.4, -0.2) is 31.5 Å². The minimum atomic E-state index is -4.57. The Morgan fingerprint density at radius 2 is 1.87 bits per heavy atom. The van der Waals surface area contributed by atoms with Gasteiger partial charge < -0.3 is 15.6 Å². The maximum absolute atomic E-state index is 13.0. The maximum atomic E-state index is 13.0. The fourth-order valence-electron chi connectivity index (χ4n) is 3.67. The van der Waals surface area contributed by atoms with E-state index in [0.29, 0.717) is 48.3 Å². The molecule has 0 aliphatic heterocycles. The van der Waals surface area contributed by atoms with Gasteiger partial charge in [0.05, 0.1) is 10.5 Å². The number of nitrogens with two attached hydrogens (primary N) is 1. The van der Waals surface area contributed by atoms with Crippen molar-refractivity contribution in [1.82, 2.24) is 0 Å². The van der Waals surface area contributed by atoms with Crippen molar-refractivity contribution < 1.29 is 36.2 Å². The second kappa shape index (κ2) is 8.27. The molecule has 0 saturated carbocycles. The number of carboxylic acids is 1. The first-order valence-electron chi connectivity index (χ1n) is 9.15. The molecule has 2 aromatic rings. The molecule has 162 valence electrons. The summed E-state index contributed by atoms with van der Waals surface area (Å²) in [4.78, 5) is 10.5. The number of hydrogen-bond acceptors (Lipinski definition) is 5. The van der Waals surface area contributed by atoms with Crippen molar-refractivity contribution >= 4 is 15.8 Å². The zero-order valence-electron chi connectivity index (χ0n) is 15.7. The quantitative estimate of drug-likeness (QED) is 0.709. The molecule has 2 aromatic carbocycles. The summed E-state index contributed by atoms with van der Waals surface area (Å²) in [5.41, 5.74) is 6.53. The number of benzene rings is 2. The van der Waals surface area contributed by atoms with Crippen molar-refractivity contribution in [2.24, 2.45) is 5.73 Å². The average molecular weight is 443 g/mol. The zero-order valence-corrected chi connectivity index (χ0v) is 16.5. The highest BCUT2D eigenvalue weighted by Crippen LogP contribution is 2.40. The molecule has 1 aliphatic carbocycles. The van der Waals surface area contributed by atoms with Gasteiger partial charge in [-0.3, -0.25) is 0 Å². The van der Waals surface area contributed by atoms with Crippen molar-refractivity contribution in [2.75, 3.05) is 6.61 Å². The van der Waals surface area contributed by atoms with Gasteiger partial charge in [0.25, 0.3) is 0 Å². The number of rotatable bonds is 6. The Morgan fingerprint density at radius 3 is 2.47 bits per heavy atom. The Labute approximate surface area is 171 Å². The molecular formula is C20H20F3NO5S. The van der Waals surface area contributed by atoms with Gasteiger partial charge in [-0.15, -0.1) is 0 Å². The van der Waals surface area contributed by atoms with Gasteiger partial charge in [-0.2, -0.15) is 13.2 Å². The van der Waals surface area contributed by atoms with Gasteiger partial charge in [0.2, 0.25) is 0 Å². The highest BCUT2D eigenvalue weighted by molar-refractivity contribution is 7.92. The van der Waals surface area contributed by atoms with E-state index in [1.54, 1.807) is 18.2 Å². The molecule has 1 aliphatic rings. The third-order valence-electron chi connectivity index (χ3n) is 5.13. The van der Waals surface area contributed by atoms with Gasteiger partial charge in [-0.25, -0.2) is 13.2 Å². The van der Waals surface area contributed by atoms with Crippen molar-refractivity contribution in [3.8, 4) is 5.75 Å². The van der Waals surface area contributed by atoms with E-state index in [0.717, 1.165) is 12.1 Å².